The SMILES string of the molecule is NC1=CC=CC(Cl)(C(=O)c2cccc3ccccc23)C1. The van der Waals surface area contributed by atoms with Crippen molar-refractivity contribution in [2.45, 2.75) is 11.3 Å². The summed E-state index contributed by atoms with van der Waals surface area (Å²) >= 11 is 6.50. The average Bonchev–Trinajstić information content (AvgIpc) is 2.45. The molecule has 2 aromatic carbocycles. The largest absolute Gasteiger partial charge is 0.402 e. The lowest BCUT2D eigenvalue weighted by Gasteiger charge is -2.25. The number of nitrogens with two attached hydrogens (primary N) is 1. The molecule has 0 aliphatic heterocycles. The first kappa shape index (κ1) is 12.9. The normalized spacial score (nSPS) is 21.8. The van der Waals surface area contributed by atoms with Crippen molar-refractivity contribution in [2.75, 3.05) is 0 Å². The Morgan fingerprint density at radius 3 is 2.70 bits per heavy atom. The van der Waals surface area contributed by atoms with Crippen LogP contribution >= 0.6 is 11.6 Å². The van der Waals surface area contributed by atoms with E-state index in [1.807, 2.05) is 42.5 Å². The third-order valence-corrected chi connectivity index (χ3v) is 3.98. The highest BCUT2D eigenvalue weighted by molar-refractivity contribution is 6.40. The second kappa shape index (κ2) is 4.80. The van der Waals surface area contributed by atoms with Crippen LogP contribution in [0.3, 0.4) is 0 Å². The summed E-state index contributed by atoms with van der Waals surface area (Å²) in [5.74, 6) is -0.108. The van der Waals surface area contributed by atoms with Crippen molar-refractivity contribution in [1.82, 2.24) is 0 Å². The molecule has 2 N–H and O–H groups in total. The van der Waals surface area contributed by atoms with E-state index in [1.165, 1.54) is 0 Å². The first-order valence-electron chi connectivity index (χ1n) is 6.45. The average molecular weight is 284 g/mol. The first-order valence-corrected chi connectivity index (χ1v) is 6.83. The summed E-state index contributed by atoms with van der Waals surface area (Å²) in [6, 6.07) is 13.5. The highest BCUT2D eigenvalue weighted by Gasteiger charge is 2.36. The highest BCUT2D eigenvalue weighted by atomic mass is 35.5. The molecule has 100 valence electrons. The smallest absolute Gasteiger partial charge is 0.188 e. The van der Waals surface area contributed by atoms with Gasteiger partial charge in [-0.1, -0.05) is 54.6 Å². The van der Waals surface area contributed by atoms with Crippen molar-refractivity contribution in [1.29, 1.82) is 0 Å². The summed E-state index contributed by atoms with van der Waals surface area (Å²) in [6.45, 7) is 0. The summed E-state index contributed by atoms with van der Waals surface area (Å²) in [5, 5.41) is 1.95. The number of ketones is 1. The van der Waals surface area contributed by atoms with Gasteiger partial charge in [0.05, 0.1) is 0 Å². The van der Waals surface area contributed by atoms with Gasteiger partial charge in [-0.3, -0.25) is 4.79 Å². The second-order valence-electron chi connectivity index (χ2n) is 5.00. The molecule has 0 fully saturated rings. The summed E-state index contributed by atoms with van der Waals surface area (Å²) < 4.78 is 0. The molecule has 0 amide bonds. The van der Waals surface area contributed by atoms with Crippen LogP contribution in [-0.2, 0) is 0 Å². The molecule has 0 heterocycles. The standard InChI is InChI=1S/C17H14ClNO/c18-17(10-4-7-13(19)11-17)16(20)15-9-3-6-12-5-1-2-8-14(12)15/h1-10H,11,19H2. The van der Waals surface area contributed by atoms with E-state index in [-0.39, 0.29) is 5.78 Å². The summed E-state index contributed by atoms with van der Waals surface area (Å²) in [4.78, 5) is 11.7. The van der Waals surface area contributed by atoms with Gasteiger partial charge in [-0.15, -0.1) is 11.6 Å². The predicted octanol–water partition coefficient (Wildman–Crippen LogP) is 3.80. The van der Waals surface area contributed by atoms with Crippen LogP contribution in [0.15, 0.2) is 66.4 Å². The topological polar surface area (TPSA) is 43.1 Å². The van der Waals surface area contributed by atoms with Gasteiger partial charge in [0.15, 0.2) is 5.78 Å². The number of hydrogen-bond donors (Lipinski definition) is 1. The number of carbonyl (C=O) groups excluding carboxylic acids is 1. The van der Waals surface area contributed by atoms with Gasteiger partial charge in [-0.2, -0.15) is 0 Å². The van der Waals surface area contributed by atoms with Crippen LogP contribution in [0, 0.1) is 0 Å². The lowest BCUT2D eigenvalue weighted by atomic mass is 9.87. The molecular formula is C17H14ClNO. The monoisotopic (exact) mass is 283 g/mol. The molecule has 2 nitrogen and oxygen atoms in total. The molecule has 3 rings (SSSR count). The molecule has 0 bridgehead atoms. The van der Waals surface area contributed by atoms with Gasteiger partial charge in [-0.05, 0) is 16.8 Å². The summed E-state index contributed by atoms with van der Waals surface area (Å²) in [6.07, 6.45) is 5.58. The Balaban J connectivity index is 2.10. The van der Waals surface area contributed by atoms with Crippen LogP contribution in [0.5, 0.6) is 0 Å². The van der Waals surface area contributed by atoms with Crippen LogP contribution < -0.4 is 5.73 Å². The maximum atomic E-state index is 12.8. The number of allylic oxidation sites excluding steroid dienone is 4. The van der Waals surface area contributed by atoms with Crippen LogP contribution in [0.4, 0.5) is 0 Å². The molecule has 0 saturated heterocycles. The molecule has 1 atom stereocenters. The van der Waals surface area contributed by atoms with E-state index in [1.54, 1.807) is 18.2 Å². The quantitative estimate of drug-likeness (QED) is 0.673. The Labute approximate surface area is 122 Å². The molecular weight excluding hydrogens is 270 g/mol. The van der Waals surface area contributed by atoms with Gasteiger partial charge in [0.1, 0.15) is 4.87 Å². The van der Waals surface area contributed by atoms with Gasteiger partial charge in [0, 0.05) is 17.7 Å². The van der Waals surface area contributed by atoms with E-state index in [0.717, 1.165) is 10.8 Å². The molecule has 1 aliphatic carbocycles. The lowest BCUT2D eigenvalue weighted by Crippen LogP contribution is -2.33. The van der Waals surface area contributed by atoms with Crippen molar-refractivity contribution < 1.29 is 4.79 Å². The van der Waals surface area contributed by atoms with Crippen LogP contribution in [0.2, 0.25) is 0 Å². The number of Topliss-reactive ketones (excluding diaryl/α,β-unsaturated/α-hetero) is 1. The van der Waals surface area contributed by atoms with Crippen molar-refractivity contribution in [3.8, 4) is 0 Å². The zero-order valence-electron chi connectivity index (χ0n) is 10.8. The van der Waals surface area contributed by atoms with Gasteiger partial charge < -0.3 is 5.73 Å². The molecule has 0 spiro atoms. The molecule has 0 radical (unpaired) electrons. The van der Waals surface area contributed by atoms with Crippen molar-refractivity contribution >= 4 is 28.2 Å². The number of rotatable bonds is 2. The van der Waals surface area contributed by atoms with Crippen LogP contribution in [-0.4, -0.2) is 10.7 Å². The fourth-order valence-electron chi connectivity index (χ4n) is 2.54. The Bertz CT molecular complexity index is 742. The Kier molecular flexibility index (Phi) is 3.11. The van der Waals surface area contributed by atoms with Gasteiger partial charge in [0.2, 0.25) is 0 Å². The summed E-state index contributed by atoms with van der Waals surface area (Å²) in [5.41, 5.74) is 7.07. The third kappa shape index (κ3) is 2.12. The third-order valence-electron chi connectivity index (χ3n) is 3.54. The number of fused-ring (bicyclic) bond motifs is 1. The minimum atomic E-state index is -1.08. The van der Waals surface area contributed by atoms with Gasteiger partial charge in [-0.25, -0.2) is 0 Å². The maximum Gasteiger partial charge on any atom is 0.188 e. The second-order valence-corrected chi connectivity index (χ2v) is 5.67. The van der Waals surface area contributed by atoms with Crippen molar-refractivity contribution in [3.63, 3.8) is 0 Å². The molecule has 20 heavy (non-hydrogen) atoms. The molecule has 3 heteroatoms. The van der Waals surface area contributed by atoms with Gasteiger partial charge in [0.25, 0.3) is 0 Å². The minimum absolute atomic E-state index is 0.108. The number of alkyl halides is 1. The number of benzene rings is 2. The molecule has 2 aromatic rings. The highest BCUT2D eigenvalue weighted by Crippen LogP contribution is 2.33. The zero-order valence-corrected chi connectivity index (χ0v) is 11.6. The summed E-state index contributed by atoms with van der Waals surface area (Å²) in [7, 11) is 0. The van der Waals surface area contributed by atoms with E-state index < -0.39 is 4.87 Å². The van der Waals surface area contributed by atoms with E-state index >= 15 is 0 Å². The molecule has 0 aromatic heterocycles. The van der Waals surface area contributed by atoms with E-state index in [4.69, 9.17) is 17.3 Å². The minimum Gasteiger partial charge on any atom is -0.402 e. The van der Waals surface area contributed by atoms with Crippen molar-refractivity contribution in [3.05, 3.63) is 72.0 Å². The fraction of sp³-hybridized carbons (Fsp3) is 0.118. The number of hydrogen-bond acceptors (Lipinski definition) is 2. The molecule has 1 unspecified atom stereocenters. The first-order chi connectivity index (χ1) is 9.60. The predicted molar refractivity (Wildman–Crippen MR) is 82.9 cm³/mol. The zero-order chi connectivity index (χ0) is 14.2. The molecule has 1 aliphatic rings. The lowest BCUT2D eigenvalue weighted by molar-refractivity contribution is 0.0960. The fourth-order valence-corrected chi connectivity index (χ4v) is 2.87. The van der Waals surface area contributed by atoms with Crippen LogP contribution in [0.25, 0.3) is 10.8 Å². The number of halogens is 1. The number of carbonyl (C=O) groups is 1. The Hall–Kier alpha value is -2.06. The maximum absolute atomic E-state index is 12.8. The van der Waals surface area contributed by atoms with E-state index in [0.29, 0.717) is 17.7 Å². The van der Waals surface area contributed by atoms with E-state index in [9.17, 15) is 4.79 Å². The Morgan fingerprint density at radius 2 is 1.90 bits per heavy atom. The van der Waals surface area contributed by atoms with Gasteiger partial charge >= 0.3 is 0 Å². The van der Waals surface area contributed by atoms with E-state index in [2.05, 4.69) is 0 Å². The van der Waals surface area contributed by atoms with Crippen molar-refractivity contribution in [2.24, 2.45) is 5.73 Å². The van der Waals surface area contributed by atoms with Crippen LogP contribution in [0.1, 0.15) is 16.8 Å². The molecule has 0 saturated carbocycles. The Morgan fingerprint density at radius 1 is 1.15 bits per heavy atom.